The van der Waals surface area contributed by atoms with Crippen molar-refractivity contribution in [1.29, 1.82) is 0 Å². The fraction of sp³-hybridized carbons (Fsp3) is 0.281. The first-order valence-corrected chi connectivity index (χ1v) is 14.6. The highest BCUT2D eigenvalue weighted by Crippen LogP contribution is 2.17. The number of rotatable bonds is 14. The summed E-state index contributed by atoms with van der Waals surface area (Å²) in [5.74, 6) is -0.616. The Hall–Kier alpha value is -4.19. The van der Waals surface area contributed by atoms with Gasteiger partial charge in [-0.3, -0.25) is 9.59 Å². The fourth-order valence-corrected chi connectivity index (χ4v) is 5.33. The molecule has 0 aliphatic carbocycles. The third kappa shape index (κ3) is 9.67. The number of aliphatic hydroxyl groups is 1. The van der Waals surface area contributed by atoms with Crippen molar-refractivity contribution < 1.29 is 28.2 Å². The lowest BCUT2D eigenvalue weighted by molar-refractivity contribution is -0.0498. The number of alkyl halides is 2. The van der Waals surface area contributed by atoms with Crippen LogP contribution >= 0.6 is 11.3 Å². The number of benzene rings is 3. The molecule has 0 bridgehead atoms. The third-order valence-corrected chi connectivity index (χ3v) is 7.59. The number of aromatic nitrogens is 1. The number of nitrogens with one attached hydrogen (secondary N) is 2. The fourth-order valence-electron chi connectivity index (χ4n) is 4.51. The zero-order valence-corrected chi connectivity index (χ0v) is 24.7. The average molecular weight is 609 g/mol. The highest BCUT2D eigenvalue weighted by atomic mass is 32.1. The molecule has 0 spiro atoms. The number of halogens is 2. The summed E-state index contributed by atoms with van der Waals surface area (Å²) in [5.41, 5.74) is 3.18. The third-order valence-electron chi connectivity index (χ3n) is 6.64. The van der Waals surface area contributed by atoms with Crippen molar-refractivity contribution in [2.75, 3.05) is 13.6 Å². The van der Waals surface area contributed by atoms with Crippen LogP contribution in [-0.2, 0) is 19.5 Å². The van der Waals surface area contributed by atoms with E-state index in [9.17, 15) is 23.5 Å². The van der Waals surface area contributed by atoms with E-state index in [4.69, 9.17) is 0 Å². The minimum Gasteiger partial charge on any atom is -0.435 e. The number of thiazole rings is 1. The monoisotopic (exact) mass is 608 g/mol. The zero-order chi connectivity index (χ0) is 30.8. The van der Waals surface area contributed by atoms with E-state index in [1.807, 2.05) is 42.6 Å². The van der Waals surface area contributed by atoms with Gasteiger partial charge in [0.05, 0.1) is 18.7 Å². The maximum atomic E-state index is 13.4. The predicted octanol–water partition coefficient (Wildman–Crippen LogP) is 4.82. The molecule has 2 atom stereocenters. The number of aliphatic hydroxyl groups excluding tert-OH is 1. The minimum atomic E-state index is -2.92. The summed E-state index contributed by atoms with van der Waals surface area (Å²) in [4.78, 5) is 32.4. The van der Waals surface area contributed by atoms with Gasteiger partial charge in [0, 0.05) is 42.3 Å². The molecule has 1 aromatic heterocycles. The lowest BCUT2D eigenvalue weighted by Crippen LogP contribution is -2.48. The van der Waals surface area contributed by atoms with E-state index in [2.05, 4.69) is 20.4 Å². The van der Waals surface area contributed by atoms with Gasteiger partial charge in [-0.15, -0.1) is 11.3 Å². The van der Waals surface area contributed by atoms with Crippen molar-refractivity contribution in [2.24, 2.45) is 0 Å². The topological polar surface area (TPSA) is 104 Å². The van der Waals surface area contributed by atoms with Crippen LogP contribution in [0.3, 0.4) is 0 Å². The average Bonchev–Trinajstić information content (AvgIpc) is 3.40. The van der Waals surface area contributed by atoms with Crippen molar-refractivity contribution in [1.82, 2.24) is 20.5 Å². The van der Waals surface area contributed by atoms with E-state index in [1.165, 1.54) is 23.5 Å². The molecule has 4 aromatic rings. The number of carbonyl (C=O) groups excluding carboxylic acids is 2. The summed E-state index contributed by atoms with van der Waals surface area (Å²) in [6, 6.07) is 21.6. The number of aryl methyl sites for hydroxylation is 1. The van der Waals surface area contributed by atoms with E-state index in [1.54, 1.807) is 48.3 Å². The van der Waals surface area contributed by atoms with E-state index in [0.717, 1.165) is 16.3 Å². The van der Waals surface area contributed by atoms with Crippen molar-refractivity contribution in [3.8, 4) is 5.75 Å². The van der Waals surface area contributed by atoms with Gasteiger partial charge in [-0.25, -0.2) is 4.98 Å². The number of amides is 2. The number of hydrogen-bond donors (Lipinski definition) is 3. The van der Waals surface area contributed by atoms with Crippen molar-refractivity contribution in [2.45, 2.75) is 45.2 Å². The molecule has 8 nitrogen and oxygen atoms in total. The predicted molar refractivity (Wildman–Crippen MR) is 161 cm³/mol. The molecule has 1 heterocycles. The molecule has 0 aliphatic heterocycles. The van der Waals surface area contributed by atoms with Crippen LogP contribution in [0.15, 0.2) is 84.2 Å². The van der Waals surface area contributed by atoms with Crippen LogP contribution in [0.25, 0.3) is 0 Å². The maximum absolute atomic E-state index is 13.4. The number of ether oxygens (including phenoxy) is 1. The molecule has 226 valence electrons. The Morgan fingerprint density at radius 2 is 1.72 bits per heavy atom. The van der Waals surface area contributed by atoms with Crippen LogP contribution in [0.2, 0.25) is 0 Å². The molecular weight excluding hydrogens is 574 g/mol. The van der Waals surface area contributed by atoms with Crippen molar-refractivity contribution >= 4 is 23.2 Å². The molecule has 3 N–H and O–H groups in total. The second-order valence-corrected chi connectivity index (χ2v) is 11.1. The van der Waals surface area contributed by atoms with Gasteiger partial charge >= 0.3 is 6.61 Å². The molecule has 0 fully saturated rings. The Bertz CT molecular complexity index is 1500. The van der Waals surface area contributed by atoms with Crippen LogP contribution in [-0.4, -0.2) is 59.2 Å². The molecule has 0 saturated carbocycles. The first kappa shape index (κ1) is 31.7. The van der Waals surface area contributed by atoms with E-state index in [-0.39, 0.29) is 18.2 Å². The van der Waals surface area contributed by atoms with Crippen LogP contribution in [0.5, 0.6) is 5.75 Å². The molecule has 11 heteroatoms. The lowest BCUT2D eigenvalue weighted by atomic mass is 10.00. The standard InChI is InChI=1S/C32H34F2N4O4S/c1-21-20-43-29(36-21)19-38(2)31(41)25-12-7-11-24(16-25)30(40)37-27(15-22-8-4-3-5-9-22)28(39)18-35-17-23-10-6-13-26(14-23)42-32(33)34/h3-14,16,20,27-28,32,35,39H,15,17-19H2,1-2H3,(H,37,40). The molecule has 43 heavy (non-hydrogen) atoms. The summed E-state index contributed by atoms with van der Waals surface area (Å²) >= 11 is 1.48. The van der Waals surface area contributed by atoms with Crippen molar-refractivity contribution in [3.05, 3.63) is 117 Å². The second-order valence-electron chi connectivity index (χ2n) is 10.1. The second kappa shape index (κ2) is 15.3. The van der Waals surface area contributed by atoms with Gasteiger partial charge in [-0.1, -0.05) is 48.5 Å². The summed E-state index contributed by atoms with van der Waals surface area (Å²) < 4.78 is 29.6. The van der Waals surface area contributed by atoms with Crippen LogP contribution < -0.4 is 15.4 Å². The Labute approximate surface area is 253 Å². The molecule has 2 unspecified atom stereocenters. The van der Waals surface area contributed by atoms with Gasteiger partial charge < -0.3 is 25.4 Å². The summed E-state index contributed by atoms with van der Waals surface area (Å²) in [6.45, 7) is -0.246. The quantitative estimate of drug-likeness (QED) is 0.190. The first-order valence-electron chi connectivity index (χ1n) is 13.7. The summed E-state index contributed by atoms with van der Waals surface area (Å²) in [5, 5.41) is 19.9. The number of hydrogen-bond acceptors (Lipinski definition) is 7. The SMILES string of the molecule is Cc1csc(CN(C)C(=O)c2cccc(C(=O)NC(Cc3ccccc3)C(O)CNCc3cccc(OC(F)F)c3)c2)n1. The molecule has 0 radical (unpaired) electrons. The molecular formula is C32H34F2N4O4S. The molecule has 2 amide bonds. The van der Waals surface area contributed by atoms with Gasteiger partial charge in [0.25, 0.3) is 11.8 Å². The van der Waals surface area contributed by atoms with Crippen LogP contribution in [0, 0.1) is 6.92 Å². The summed E-state index contributed by atoms with van der Waals surface area (Å²) in [7, 11) is 1.69. The Morgan fingerprint density at radius 1 is 1.00 bits per heavy atom. The molecule has 0 aliphatic rings. The lowest BCUT2D eigenvalue weighted by Gasteiger charge is -2.25. The van der Waals surface area contributed by atoms with Crippen molar-refractivity contribution in [3.63, 3.8) is 0 Å². The highest BCUT2D eigenvalue weighted by molar-refractivity contribution is 7.09. The zero-order valence-electron chi connectivity index (χ0n) is 23.9. The van der Waals surface area contributed by atoms with Gasteiger partial charge in [-0.05, 0) is 54.8 Å². The van der Waals surface area contributed by atoms with Gasteiger partial charge in [0.15, 0.2) is 0 Å². The molecule has 4 rings (SSSR count). The number of carbonyl (C=O) groups is 2. The minimum absolute atomic E-state index is 0.0502. The van der Waals surface area contributed by atoms with E-state index in [0.29, 0.717) is 36.2 Å². The van der Waals surface area contributed by atoms with Crippen LogP contribution in [0.1, 0.15) is 42.5 Å². The number of nitrogens with zero attached hydrogens (tertiary/aromatic N) is 2. The first-order chi connectivity index (χ1) is 20.7. The smallest absolute Gasteiger partial charge is 0.387 e. The van der Waals surface area contributed by atoms with E-state index >= 15 is 0 Å². The Balaban J connectivity index is 1.41. The Morgan fingerprint density at radius 3 is 2.44 bits per heavy atom. The normalized spacial score (nSPS) is 12.5. The van der Waals surface area contributed by atoms with Gasteiger partial charge in [0.1, 0.15) is 10.8 Å². The highest BCUT2D eigenvalue weighted by Gasteiger charge is 2.23. The maximum Gasteiger partial charge on any atom is 0.387 e. The largest absolute Gasteiger partial charge is 0.435 e. The van der Waals surface area contributed by atoms with Crippen LogP contribution in [0.4, 0.5) is 8.78 Å². The van der Waals surface area contributed by atoms with Gasteiger partial charge in [0.2, 0.25) is 0 Å². The summed E-state index contributed by atoms with van der Waals surface area (Å²) in [6.07, 6.45) is -0.621. The Kier molecular flexibility index (Phi) is 11.3. The molecule has 3 aromatic carbocycles. The van der Waals surface area contributed by atoms with E-state index < -0.39 is 24.7 Å². The molecule has 0 saturated heterocycles. The van der Waals surface area contributed by atoms with Gasteiger partial charge in [-0.2, -0.15) is 8.78 Å².